The van der Waals surface area contributed by atoms with Crippen LogP contribution in [0.5, 0.6) is 0 Å². The minimum atomic E-state index is -0.265. The van der Waals surface area contributed by atoms with Gasteiger partial charge in [-0.1, -0.05) is 46.4 Å². The number of ketones is 1. The van der Waals surface area contributed by atoms with Gasteiger partial charge in [0, 0.05) is 21.2 Å². The van der Waals surface area contributed by atoms with Crippen molar-refractivity contribution in [1.29, 1.82) is 0 Å². The Morgan fingerprint density at radius 3 is 1.35 bits per heavy atom. The number of carbonyl (C=O) groups is 1. The SMILES string of the molecule is Cl.Cl.O=C(c1ccc(Cl)cc1Cl)c1ccc(Cl)cc1Cl. The Labute approximate surface area is 149 Å². The number of benzene rings is 2. The van der Waals surface area contributed by atoms with Gasteiger partial charge in [0.1, 0.15) is 0 Å². The number of rotatable bonds is 2. The predicted molar refractivity (Wildman–Crippen MR) is 90.9 cm³/mol. The molecule has 0 aliphatic rings. The maximum absolute atomic E-state index is 12.3. The maximum atomic E-state index is 12.3. The van der Waals surface area contributed by atoms with Crippen LogP contribution in [0.25, 0.3) is 0 Å². The van der Waals surface area contributed by atoms with Gasteiger partial charge in [0.2, 0.25) is 0 Å². The third-order valence-electron chi connectivity index (χ3n) is 2.35. The molecule has 0 aromatic heterocycles. The summed E-state index contributed by atoms with van der Waals surface area (Å²) < 4.78 is 0. The molecule has 0 saturated heterocycles. The quantitative estimate of drug-likeness (QED) is 0.542. The first-order valence-corrected chi connectivity index (χ1v) is 6.45. The van der Waals surface area contributed by atoms with Crippen LogP contribution in [0, 0.1) is 0 Å². The van der Waals surface area contributed by atoms with Gasteiger partial charge in [0.25, 0.3) is 0 Å². The van der Waals surface area contributed by atoms with Crippen LogP contribution in [0.2, 0.25) is 20.1 Å². The number of halogens is 6. The van der Waals surface area contributed by atoms with Crippen LogP contribution in [-0.2, 0) is 0 Å². The van der Waals surface area contributed by atoms with Crippen LogP contribution >= 0.6 is 71.2 Å². The lowest BCUT2D eigenvalue weighted by molar-refractivity contribution is 0.103. The minimum Gasteiger partial charge on any atom is -0.288 e. The van der Waals surface area contributed by atoms with Crippen molar-refractivity contribution >= 4 is 77.0 Å². The lowest BCUT2D eigenvalue weighted by Gasteiger charge is -2.06. The van der Waals surface area contributed by atoms with E-state index in [0.29, 0.717) is 31.2 Å². The average molecular weight is 393 g/mol. The molecule has 0 aliphatic heterocycles. The first-order valence-electron chi connectivity index (χ1n) is 4.94. The zero-order valence-corrected chi connectivity index (χ0v) is 14.4. The molecule has 0 unspecified atom stereocenters. The highest BCUT2D eigenvalue weighted by Crippen LogP contribution is 2.27. The standard InChI is InChI=1S/C13H6Cl4O.2ClH/c14-7-1-3-9(11(16)5-7)13(18)10-4-2-8(15)6-12(10)17;;/h1-6H;2*1H. The third kappa shape index (κ3) is 4.42. The van der Waals surface area contributed by atoms with E-state index in [9.17, 15) is 4.79 Å². The fourth-order valence-electron chi connectivity index (χ4n) is 1.49. The number of hydrogen-bond donors (Lipinski definition) is 0. The van der Waals surface area contributed by atoms with E-state index in [2.05, 4.69) is 0 Å². The van der Waals surface area contributed by atoms with Gasteiger partial charge in [-0.15, -0.1) is 24.8 Å². The molecular weight excluding hydrogens is 385 g/mol. The Kier molecular flexibility index (Phi) is 8.27. The summed E-state index contributed by atoms with van der Waals surface area (Å²) in [5.74, 6) is -0.265. The van der Waals surface area contributed by atoms with Crippen LogP contribution < -0.4 is 0 Å². The highest BCUT2D eigenvalue weighted by Gasteiger charge is 2.16. The van der Waals surface area contributed by atoms with Gasteiger partial charge in [-0.05, 0) is 36.4 Å². The summed E-state index contributed by atoms with van der Waals surface area (Å²) in [6.45, 7) is 0. The molecule has 0 aliphatic carbocycles. The molecule has 0 heterocycles. The van der Waals surface area contributed by atoms with Gasteiger partial charge in [-0.3, -0.25) is 4.79 Å². The van der Waals surface area contributed by atoms with Crippen molar-refractivity contribution < 1.29 is 4.79 Å². The average Bonchev–Trinajstić information content (AvgIpc) is 2.28. The molecule has 0 radical (unpaired) electrons. The summed E-state index contributed by atoms with van der Waals surface area (Å²) in [4.78, 5) is 12.3. The second kappa shape index (κ2) is 8.33. The Morgan fingerprint density at radius 1 is 0.700 bits per heavy atom. The van der Waals surface area contributed by atoms with Gasteiger partial charge in [-0.2, -0.15) is 0 Å². The molecule has 1 nitrogen and oxygen atoms in total. The predicted octanol–water partition coefficient (Wildman–Crippen LogP) is 6.37. The lowest BCUT2D eigenvalue weighted by Crippen LogP contribution is -2.03. The molecule has 2 aromatic rings. The van der Waals surface area contributed by atoms with Gasteiger partial charge >= 0.3 is 0 Å². The largest absolute Gasteiger partial charge is 0.288 e. The smallest absolute Gasteiger partial charge is 0.196 e. The Morgan fingerprint density at radius 2 is 1.05 bits per heavy atom. The molecule has 0 spiro atoms. The van der Waals surface area contributed by atoms with Crippen LogP contribution in [0.3, 0.4) is 0 Å². The van der Waals surface area contributed by atoms with Crippen molar-refractivity contribution in [2.24, 2.45) is 0 Å². The minimum absolute atomic E-state index is 0. The first-order chi connectivity index (χ1) is 8.49. The number of hydrogen-bond acceptors (Lipinski definition) is 1. The van der Waals surface area contributed by atoms with Crippen molar-refractivity contribution in [3.63, 3.8) is 0 Å². The molecule has 20 heavy (non-hydrogen) atoms. The zero-order chi connectivity index (χ0) is 13.3. The van der Waals surface area contributed by atoms with E-state index in [1.165, 1.54) is 12.1 Å². The van der Waals surface area contributed by atoms with E-state index < -0.39 is 0 Å². The molecule has 2 aromatic carbocycles. The topological polar surface area (TPSA) is 17.1 Å². The molecule has 0 bridgehead atoms. The summed E-state index contributed by atoms with van der Waals surface area (Å²) in [5, 5.41) is 1.52. The first kappa shape index (κ1) is 19.9. The molecular formula is C13H8Cl6O. The third-order valence-corrected chi connectivity index (χ3v) is 3.45. The monoisotopic (exact) mass is 390 g/mol. The van der Waals surface area contributed by atoms with E-state index in [4.69, 9.17) is 46.4 Å². The maximum Gasteiger partial charge on any atom is 0.196 e. The molecule has 0 N–H and O–H groups in total. The molecule has 0 fully saturated rings. The highest BCUT2D eigenvalue weighted by molar-refractivity contribution is 6.40. The second-order valence-corrected chi connectivity index (χ2v) is 5.26. The summed E-state index contributed by atoms with van der Waals surface area (Å²) in [5.41, 5.74) is 0.704. The Balaban J connectivity index is 0.00000180. The Hall–Kier alpha value is -0.150. The Bertz CT molecular complexity index is 573. The van der Waals surface area contributed by atoms with Crippen molar-refractivity contribution in [3.05, 3.63) is 67.6 Å². The molecule has 0 saturated carbocycles. The van der Waals surface area contributed by atoms with Crippen LogP contribution in [0.15, 0.2) is 36.4 Å². The van der Waals surface area contributed by atoms with Crippen molar-refractivity contribution in [1.82, 2.24) is 0 Å². The van der Waals surface area contributed by atoms with Gasteiger partial charge in [0.15, 0.2) is 5.78 Å². The summed E-state index contributed by atoms with van der Waals surface area (Å²) in [6, 6.07) is 9.37. The summed E-state index contributed by atoms with van der Waals surface area (Å²) in [6.07, 6.45) is 0. The van der Waals surface area contributed by atoms with E-state index >= 15 is 0 Å². The lowest BCUT2D eigenvalue weighted by atomic mass is 10.0. The second-order valence-electron chi connectivity index (χ2n) is 3.58. The molecule has 7 heteroatoms. The summed E-state index contributed by atoms with van der Waals surface area (Å²) in [7, 11) is 0. The molecule has 0 atom stereocenters. The van der Waals surface area contributed by atoms with Crippen molar-refractivity contribution in [2.75, 3.05) is 0 Å². The van der Waals surface area contributed by atoms with Gasteiger partial charge < -0.3 is 0 Å². The molecule has 0 amide bonds. The van der Waals surface area contributed by atoms with Crippen molar-refractivity contribution in [3.8, 4) is 0 Å². The zero-order valence-electron chi connectivity index (χ0n) is 9.70. The van der Waals surface area contributed by atoms with E-state index in [1.54, 1.807) is 24.3 Å². The van der Waals surface area contributed by atoms with Crippen LogP contribution in [0.4, 0.5) is 0 Å². The van der Waals surface area contributed by atoms with Gasteiger partial charge in [-0.25, -0.2) is 0 Å². The fourth-order valence-corrected chi connectivity index (χ4v) is 2.48. The highest BCUT2D eigenvalue weighted by atomic mass is 35.5. The van der Waals surface area contributed by atoms with Gasteiger partial charge in [0.05, 0.1) is 10.0 Å². The number of carbonyl (C=O) groups excluding carboxylic acids is 1. The van der Waals surface area contributed by atoms with E-state index in [0.717, 1.165) is 0 Å². The van der Waals surface area contributed by atoms with E-state index in [-0.39, 0.29) is 30.6 Å². The molecule has 2 rings (SSSR count). The fraction of sp³-hybridized carbons (Fsp3) is 0. The molecule has 108 valence electrons. The van der Waals surface area contributed by atoms with E-state index in [1.807, 2.05) is 0 Å². The van der Waals surface area contributed by atoms with Crippen LogP contribution in [-0.4, -0.2) is 5.78 Å². The van der Waals surface area contributed by atoms with Crippen LogP contribution in [0.1, 0.15) is 15.9 Å². The van der Waals surface area contributed by atoms with Crippen molar-refractivity contribution in [2.45, 2.75) is 0 Å². The normalized spacial score (nSPS) is 9.40. The summed E-state index contributed by atoms with van der Waals surface area (Å²) >= 11 is 23.5.